The average molecular weight is 487 g/mol. The Morgan fingerprint density at radius 2 is 2.03 bits per heavy atom. The Labute approximate surface area is 211 Å². The van der Waals surface area contributed by atoms with Gasteiger partial charge in [-0.2, -0.15) is 0 Å². The number of hydrogen-bond acceptors (Lipinski definition) is 4. The minimum Gasteiger partial charge on any atom is -0.494 e. The molecule has 1 saturated carbocycles. The highest BCUT2D eigenvalue weighted by atomic mass is 16.5. The number of nitrogen functional groups attached to an aromatic ring is 1. The number of nitrogens with two attached hydrogens (primary N) is 1. The summed E-state index contributed by atoms with van der Waals surface area (Å²) in [6.07, 6.45) is 8.87. The molecule has 5 rings (SSSR count). The molecule has 0 spiro atoms. The lowest BCUT2D eigenvalue weighted by molar-refractivity contribution is 0.250. The van der Waals surface area contributed by atoms with Crippen molar-refractivity contribution in [2.75, 3.05) is 17.7 Å². The minimum atomic E-state index is -0.210. The first-order valence-corrected chi connectivity index (χ1v) is 12.7. The van der Waals surface area contributed by atoms with Crippen LogP contribution in [0.15, 0.2) is 55.0 Å². The van der Waals surface area contributed by atoms with E-state index in [1.54, 1.807) is 6.33 Å². The zero-order chi connectivity index (χ0) is 25.1. The van der Waals surface area contributed by atoms with Crippen molar-refractivity contribution in [3.63, 3.8) is 0 Å². The number of nitrogens with one attached hydrogen (secondary N) is 3. The van der Waals surface area contributed by atoms with Crippen LogP contribution in [-0.2, 0) is 6.42 Å². The summed E-state index contributed by atoms with van der Waals surface area (Å²) in [4.78, 5) is 19.3. The number of rotatable bonds is 9. The fraction of sp³-hybridized carbons (Fsp3) is 0.357. The fourth-order valence-corrected chi connectivity index (χ4v) is 4.74. The number of carbonyl (C=O) groups is 1. The first-order chi connectivity index (χ1) is 17.5. The van der Waals surface area contributed by atoms with Crippen molar-refractivity contribution in [3.8, 4) is 17.0 Å². The monoisotopic (exact) mass is 486 g/mol. The number of amides is 2. The number of aromatic amines is 1. The van der Waals surface area contributed by atoms with Crippen molar-refractivity contribution in [3.05, 3.63) is 60.7 Å². The largest absolute Gasteiger partial charge is 0.494 e. The molecule has 188 valence electrons. The predicted molar refractivity (Wildman–Crippen MR) is 144 cm³/mol. The zero-order valence-electron chi connectivity index (χ0n) is 20.9. The van der Waals surface area contributed by atoms with E-state index in [0.29, 0.717) is 12.6 Å². The number of benzene rings is 2. The average Bonchev–Trinajstić information content (AvgIpc) is 3.43. The van der Waals surface area contributed by atoms with Crippen LogP contribution in [0.4, 0.5) is 16.2 Å². The number of ether oxygens (including phenoxy) is 1. The summed E-state index contributed by atoms with van der Waals surface area (Å²) in [6, 6.07) is 14.4. The first kappa shape index (κ1) is 23.8. The van der Waals surface area contributed by atoms with Gasteiger partial charge in [0.15, 0.2) is 0 Å². The second-order valence-corrected chi connectivity index (χ2v) is 9.76. The molecule has 2 aromatic carbocycles. The van der Waals surface area contributed by atoms with Gasteiger partial charge in [-0.3, -0.25) is 0 Å². The SMILES string of the molecule is CC(C)NC(=O)Nc1ccc(-c2c(N)c3ccc(OCCCc4cnc[nH]4)cc3n2C2CCC2)cc1. The molecule has 1 fully saturated rings. The highest BCUT2D eigenvalue weighted by Gasteiger charge is 2.27. The molecule has 5 N–H and O–H groups in total. The summed E-state index contributed by atoms with van der Waals surface area (Å²) in [5.41, 5.74) is 12.6. The number of urea groups is 1. The minimum absolute atomic E-state index is 0.0763. The molecule has 2 aromatic heterocycles. The molecule has 1 aliphatic rings. The number of carbonyl (C=O) groups excluding carboxylic acids is 1. The standard InChI is InChI=1S/C28H34N6O2/c1-18(2)32-28(35)33-20-10-8-19(9-11-20)27-26(29)24-13-12-23(15-25(24)34(27)22-6-3-7-22)36-14-4-5-21-16-30-17-31-21/h8-13,15-18,22H,3-7,14,29H2,1-2H3,(H,30,31)(H2,32,33,35). The molecule has 2 heterocycles. The van der Waals surface area contributed by atoms with E-state index in [1.807, 2.05) is 50.4 Å². The number of anilines is 2. The quantitative estimate of drug-likeness (QED) is 0.221. The lowest BCUT2D eigenvalue weighted by atomic mass is 9.92. The van der Waals surface area contributed by atoms with Crippen LogP contribution in [-0.4, -0.2) is 33.2 Å². The number of aryl methyl sites for hydroxylation is 1. The van der Waals surface area contributed by atoms with Crippen LogP contribution < -0.4 is 21.1 Å². The van der Waals surface area contributed by atoms with Gasteiger partial charge in [0.2, 0.25) is 0 Å². The zero-order valence-corrected chi connectivity index (χ0v) is 20.9. The maximum Gasteiger partial charge on any atom is 0.319 e. The molecule has 8 nitrogen and oxygen atoms in total. The van der Waals surface area contributed by atoms with E-state index in [1.165, 1.54) is 6.42 Å². The van der Waals surface area contributed by atoms with E-state index in [4.69, 9.17) is 10.5 Å². The van der Waals surface area contributed by atoms with Gasteiger partial charge >= 0.3 is 6.03 Å². The maximum atomic E-state index is 12.1. The van der Waals surface area contributed by atoms with Crippen LogP contribution in [0.25, 0.3) is 22.2 Å². The normalized spacial score (nSPS) is 13.6. The van der Waals surface area contributed by atoms with Gasteiger partial charge in [0.25, 0.3) is 0 Å². The van der Waals surface area contributed by atoms with Gasteiger partial charge in [-0.1, -0.05) is 12.1 Å². The Morgan fingerprint density at radius 1 is 1.22 bits per heavy atom. The van der Waals surface area contributed by atoms with Crippen LogP contribution in [0, 0.1) is 0 Å². The molecule has 4 aromatic rings. The molecule has 0 atom stereocenters. The van der Waals surface area contributed by atoms with E-state index < -0.39 is 0 Å². The van der Waals surface area contributed by atoms with Gasteiger partial charge in [0, 0.05) is 46.7 Å². The van der Waals surface area contributed by atoms with E-state index in [9.17, 15) is 4.79 Å². The molecular formula is C28H34N6O2. The van der Waals surface area contributed by atoms with Crippen molar-refractivity contribution in [1.29, 1.82) is 0 Å². The highest BCUT2D eigenvalue weighted by Crippen LogP contribution is 2.44. The van der Waals surface area contributed by atoms with Gasteiger partial charge in [0.05, 0.1) is 29.8 Å². The molecule has 0 unspecified atom stereocenters. The molecule has 36 heavy (non-hydrogen) atoms. The van der Waals surface area contributed by atoms with Crippen LogP contribution in [0.5, 0.6) is 5.75 Å². The van der Waals surface area contributed by atoms with Crippen LogP contribution in [0.3, 0.4) is 0 Å². The van der Waals surface area contributed by atoms with Gasteiger partial charge < -0.3 is 30.7 Å². The Morgan fingerprint density at radius 3 is 2.69 bits per heavy atom. The second kappa shape index (κ2) is 10.4. The summed E-state index contributed by atoms with van der Waals surface area (Å²) in [5, 5.41) is 6.77. The van der Waals surface area contributed by atoms with Crippen LogP contribution in [0.2, 0.25) is 0 Å². The maximum absolute atomic E-state index is 12.1. The van der Waals surface area contributed by atoms with E-state index in [-0.39, 0.29) is 12.1 Å². The number of H-pyrrole nitrogens is 1. The number of fused-ring (bicyclic) bond motifs is 1. The van der Waals surface area contributed by atoms with Crippen LogP contribution in [0.1, 0.15) is 51.3 Å². The predicted octanol–water partition coefficient (Wildman–Crippen LogP) is 5.88. The fourth-order valence-electron chi connectivity index (χ4n) is 4.74. The Bertz CT molecular complexity index is 1320. The Balaban J connectivity index is 1.39. The third-order valence-electron chi connectivity index (χ3n) is 6.70. The molecule has 0 radical (unpaired) electrons. The second-order valence-electron chi connectivity index (χ2n) is 9.76. The molecule has 8 heteroatoms. The lowest BCUT2D eigenvalue weighted by Crippen LogP contribution is -2.34. The van der Waals surface area contributed by atoms with E-state index in [2.05, 4.69) is 37.3 Å². The van der Waals surface area contributed by atoms with Gasteiger partial charge in [0.1, 0.15) is 5.75 Å². The molecular weight excluding hydrogens is 452 g/mol. The van der Waals surface area contributed by atoms with E-state index in [0.717, 1.165) is 70.7 Å². The molecule has 2 amide bonds. The number of imidazole rings is 1. The Kier molecular flexibility index (Phi) is 6.84. The van der Waals surface area contributed by atoms with Crippen molar-refractivity contribution < 1.29 is 9.53 Å². The van der Waals surface area contributed by atoms with Crippen molar-refractivity contribution in [2.45, 2.75) is 58.0 Å². The summed E-state index contributed by atoms with van der Waals surface area (Å²) >= 11 is 0. The molecule has 0 saturated heterocycles. The van der Waals surface area contributed by atoms with Gasteiger partial charge in [-0.05, 0) is 70.2 Å². The summed E-state index contributed by atoms with van der Waals surface area (Å²) in [7, 11) is 0. The van der Waals surface area contributed by atoms with Crippen molar-refractivity contribution in [2.24, 2.45) is 0 Å². The Hall–Kier alpha value is -3.94. The first-order valence-electron chi connectivity index (χ1n) is 12.7. The number of nitrogens with zero attached hydrogens (tertiary/aromatic N) is 2. The summed E-state index contributed by atoms with van der Waals surface area (Å²) < 4.78 is 8.49. The third kappa shape index (κ3) is 5.03. The van der Waals surface area contributed by atoms with Crippen molar-refractivity contribution >= 4 is 28.3 Å². The molecule has 1 aliphatic carbocycles. The van der Waals surface area contributed by atoms with Gasteiger partial charge in [-0.15, -0.1) is 0 Å². The summed E-state index contributed by atoms with van der Waals surface area (Å²) in [5.74, 6) is 0.854. The number of hydrogen-bond donors (Lipinski definition) is 4. The molecule has 0 bridgehead atoms. The van der Waals surface area contributed by atoms with E-state index >= 15 is 0 Å². The van der Waals surface area contributed by atoms with Crippen molar-refractivity contribution in [1.82, 2.24) is 19.9 Å². The highest BCUT2D eigenvalue weighted by molar-refractivity contribution is 6.02. The topological polar surface area (TPSA) is 110 Å². The van der Waals surface area contributed by atoms with Gasteiger partial charge in [-0.25, -0.2) is 9.78 Å². The van der Waals surface area contributed by atoms with Crippen LogP contribution >= 0.6 is 0 Å². The smallest absolute Gasteiger partial charge is 0.319 e. The summed E-state index contributed by atoms with van der Waals surface area (Å²) in [6.45, 7) is 4.50. The lowest BCUT2D eigenvalue weighted by Gasteiger charge is -2.30. The molecule has 0 aliphatic heterocycles. The number of aromatic nitrogens is 3. The third-order valence-corrected chi connectivity index (χ3v) is 6.70.